The van der Waals surface area contributed by atoms with Gasteiger partial charge in [-0.25, -0.2) is 4.39 Å². The first kappa shape index (κ1) is 14.9. The Kier molecular flexibility index (Phi) is 6.64. The summed E-state index contributed by atoms with van der Waals surface area (Å²) in [6.07, 6.45) is -0.604. The highest BCUT2D eigenvalue weighted by Crippen LogP contribution is 2.15. The van der Waals surface area contributed by atoms with E-state index in [1.54, 1.807) is 26.2 Å². The third-order valence-corrected chi connectivity index (χ3v) is 2.43. The predicted octanol–water partition coefficient (Wildman–Crippen LogP) is 1.11. The molecule has 0 spiro atoms. The number of ether oxygens (including phenoxy) is 2. The molecule has 1 aromatic carbocycles. The third kappa shape index (κ3) is 5.44. The number of benzene rings is 1. The normalized spacial score (nSPS) is 12.4. The van der Waals surface area contributed by atoms with E-state index in [0.29, 0.717) is 31.0 Å². The minimum atomic E-state index is -0.604. The zero-order chi connectivity index (χ0) is 13.4. The minimum Gasteiger partial charge on any atom is -0.491 e. The molecule has 0 heterocycles. The average Bonchev–Trinajstić information content (AvgIpc) is 2.36. The Morgan fingerprint density at radius 3 is 2.89 bits per heavy atom. The molecule has 0 radical (unpaired) electrons. The largest absolute Gasteiger partial charge is 0.491 e. The highest BCUT2D eigenvalue weighted by molar-refractivity contribution is 5.28. The van der Waals surface area contributed by atoms with E-state index in [0.717, 1.165) is 0 Å². The number of aliphatic hydroxyl groups is 1. The number of hydrogen-bond acceptors (Lipinski definition) is 4. The van der Waals surface area contributed by atoms with Crippen LogP contribution < -0.4 is 10.1 Å². The lowest BCUT2D eigenvalue weighted by Crippen LogP contribution is -2.33. The highest BCUT2D eigenvalue weighted by Gasteiger charge is 2.05. The van der Waals surface area contributed by atoms with Crippen molar-refractivity contribution in [2.75, 3.05) is 33.4 Å². The van der Waals surface area contributed by atoms with Crippen molar-refractivity contribution in [3.63, 3.8) is 0 Å². The second-order valence-corrected chi connectivity index (χ2v) is 4.07. The maximum absolute atomic E-state index is 13.0. The number of nitrogens with one attached hydrogen (secondary N) is 1. The van der Waals surface area contributed by atoms with Gasteiger partial charge in [-0.1, -0.05) is 0 Å². The Morgan fingerprint density at radius 2 is 2.22 bits per heavy atom. The lowest BCUT2D eigenvalue weighted by molar-refractivity contribution is 0.103. The standard InChI is InChI=1S/C13H20FNO3/c1-10-7-12(3-4-13(10)14)18-9-11(16)8-15-5-6-17-2/h3-4,7,11,15-16H,5-6,8-9H2,1-2H3. The summed E-state index contributed by atoms with van der Waals surface area (Å²) in [6, 6.07) is 4.52. The Balaban J connectivity index is 2.24. The van der Waals surface area contributed by atoms with Gasteiger partial charge in [-0.15, -0.1) is 0 Å². The second-order valence-electron chi connectivity index (χ2n) is 4.07. The molecule has 4 nitrogen and oxygen atoms in total. The van der Waals surface area contributed by atoms with E-state index in [1.165, 1.54) is 6.07 Å². The van der Waals surface area contributed by atoms with E-state index in [2.05, 4.69) is 5.32 Å². The van der Waals surface area contributed by atoms with Crippen LogP contribution in [0.2, 0.25) is 0 Å². The van der Waals surface area contributed by atoms with Crippen LogP contribution in [0.15, 0.2) is 18.2 Å². The molecular weight excluding hydrogens is 237 g/mol. The van der Waals surface area contributed by atoms with E-state index in [9.17, 15) is 9.50 Å². The fraction of sp³-hybridized carbons (Fsp3) is 0.538. The highest BCUT2D eigenvalue weighted by atomic mass is 19.1. The number of aryl methyl sites for hydroxylation is 1. The molecule has 1 rings (SSSR count). The molecule has 102 valence electrons. The van der Waals surface area contributed by atoms with Gasteiger partial charge in [0, 0.05) is 20.2 Å². The molecule has 2 N–H and O–H groups in total. The summed E-state index contributed by atoms with van der Waals surface area (Å²) in [7, 11) is 1.62. The first-order chi connectivity index (χ1) is 8.63. The van der Waals surface area contributed by atoms with E-state index < -0.39 is 6.10 Å². The average molecular weight is 257 g/mol. The van der Waals surface area contributed by atoms with Crippen molar-refractivity contribution < 1.29 is 19.0 Å². The molecule has 0 aromatic heterocycles. The quantitative estimate of drug-likeness (QED) is 0.685. The van der Waals surface area contributed by atoms with Crippen LogP contribution in [0.5, 0.6) is 5.75 Å². The van der Waals surface area contributed by atoms with Crippen molar-refractivity contribution in [1.29, 1.82) is 0 Å². The minimum absolute atomic E-state index is 0.172. The van der Waals surface area contributed by atoms with E-state index in [1.807, 2.05) is 0 Å². The second kappa shape index (κ2) is 8.02. The van der Waals surface area contributed by atoms with Gasteiger partial charge in [0.25, 0.3) is 0 Å². The molecule has 18 heavy (non-hydrogen) atoms. The van der Waals surface area contributed by atoms with Crippen molar-refractivity contribution in [3.05, 3.63) is 29.6 Å². The van der Waals surface area contributed by atoms with E-state index in [-0.39, 0.29) is 12.4 Å². The lowest BCUT2D eigenvalue weighted by atomic mass is 10.2. The molecule has 0 aliphatic carbocycles. The van der Waals surface area contributed by atoms with Gasteiger partial charge in [0.1, 0.15) is 24.3 Å². The molecule has 0 bridgehead atoms. The summed E-state index contributed by atoms with van der Waals surface area (Å²) in [5.74, 6) is 0.300. The monoisotopic (exact) mass is 257 g/mol. The molecule has 1 atom stereocenters. The maximum Gasteiger partial charge on any atom is 0.126 e. The van der Waals surface area contributed by atoms with E-state index in [4.69, 9.17) is 9.47 Å². The molecule has 1 aromatic rings. The maximum atomic E-state index is 13.0. The zero-order valence-corrected chi connectivity index (χ0v) is 10.8. The van der Waals surface area contributed by atoms with Crippen molar-refractivity contribution in [2.24, 2.45) is 0 Å². The first-order valence-electron chi connectivity index (χ1n) is 5.90. The summed E-state index contributed by atoms with van der Waals surface area (Å²) < 4.78 is 23.2. The van der Waals surface area contributed by atoms with Gasteiger partial charge < -0.3 is 19.9 Å². The van der Waals surface area contributed by atoms with Crippen LogP contribution in [-0.2, 0) is 4.74 Å². The van der Waals surface area contributed by atoms with Crippen molar-refractivity contribution in [2.45, 2.75) is 13.0 Å². The molecule has 0 saturated heterocycles. The van der Waals surface area contributed by atoms with Crippen LogP contribution in [0.4, 0.5) is 4.39 Å². The Hall–Kier alpha value is -1.17. The Bertz CT molecular complexity index is 360. The van der Waals surface area contributed by atoms with Crippen molar-refractivity contribution in [1.82, 2.24) is 5.32 Å². The molecule has 1 unspecified atom stereocenters. The fourth-order valence-corrected chi connectivity index (χ4v) is 1.40. The summed E-state index contributed by atoms with van der Waals surface area (Å²) in [4.78, 5) is 0. The van der Waals surface area contributed by atoms with Crippen molar-refractivity contribution >= 4 is 0 Å². The fourth-order valence-electron chi connectivity index (χ4n) is 1.40. The first-order valence-corrected chi connectivity index (χ1v) is 5.90. The topological polar surface area (TPSA) is 50.7 Å². The van der Waals surface area contributed by atoms with Gasteiger partial charge in [0.2, 0.25) is 0 Å². The molecule has 0 saturated carbocycles. The number of halogens is 1. The van der Waals surface area contributed by atoms with Gasteiger partial charge in [0.15, 0.2) is 0 Å². The SMILES string of the molecule is COCCNCC(O)COc1ccc(F)c(C)c1. The van der Waals surface area contributed by atoms with Crippen LogP contribution in [0.1, 0.15) is 5.56 Å². The molecule has 0 aliphatic rings. The van der Waals surface area contributed by atoms with Crippen LogP contribution in [-0.4, -0.2) is 44.6 Å². The zero-order valence-electron chi connectivity index (χ0n) is 10.8. The number of aliphatic hydroxyl groups excluding tert-OH is 1. The predicted molar refractivity (Wildman–Crippen MR) is 67.4 cm³/mol. The molecule has 5 heteroatoms. The van der Waals surface area contributed by atoms with Gasteiger partial charge in [0.05, 0.1) is 6.61 Å². The van der Waals surface area contributed by atoms with Crippen LogP contribution in [0.25, 0.3) is 0 Å². The summed E-state index contributed by atoms with van der Waals surface area (Å²) in [5, 5.41) is 12.7. The van der Waals surface area contributed by atoms with Gasteiger partial charge in [-0.3, -0.25) is 0 Å². The molecular formula is C13H20FNO3. The molecule has 0 amide bonds. The molecule has 0 aliphatic heterocycles. The summed E-state index contributed by atoms with van der Waals surface area (Å²) >= 11 is 0. The van der Waals surface area contributed by atoms with Gasteiger partial charge in [-0.05, 0) is 30.7 Å². The van der Waals surface area contributed by atoms with Gasteiger partial charge >= 0.3 is 0 Å². The number of rotatable bonds is 8. The lowest BCUT2D eigenvalue weighted by Gasteiger charge is -2.13. The van der Waals surface area contributed by atoms with Crippen LogP contribution in [0, 0.1) is 12.7 Å². The summed E-state index contributed by atoms with van der Waals surface area (Å²) in [6.45, 7) is 3.56. The Labute approximate surface area is 107 Å². The number of methoxy groups -OCH3 is 1. The van der Waals surface area contributed by atoms with Gasteiger partial charge in [-0.2, -0.15) is 0 Å². The number of hydrogen-bond donors (Lipinski definition) is 2. The smallest absolute Gasteiger partial charge is 0.126 e. The summed E-state index contributed by atoms with van der Waals surface area (Å²) in [5.41, 5.74) is 0.528. The molecule has 0 fully saturated rings. The third-order valence-electron chi connectivity index (χ3n) is 2.43. The Morgan fingerprint density at radius 1 is 1.44 bits per heavy atom. The van der Waals surface area contributed by atoms with Crippen LogP contribution in [0.3, 0.4) is 0 Å². The van der Waals surface area contributed by atoms with E-state index >= 15 is 0 Å². The van der Waals surface area contributed by atoms with Crippen LogP contribution >= 0.6 is 0 Å². The van der Waals surface area contributed by atoms with Crippen molar-refractivity contribution in [3.8, 4) is 5.75 Å².